The van der Waals surface area contributed by atoms with Crippen molar-refractivity contribution in [1.82, 2.24) is 0 Å². The van der Waals surface area contributed by atoms with Crippen LogP contribution in [0, 0.1) is 52.8 Å². The summed E-state index contributed by atoms with van der Waals surface area (Å²) in [5, 5.41) is 2.13. The van der Waals surface area contributed by atoms with E-state index in [9.17, 15) is 0 Å². The molecule has 0 amide bonds. The van der Waals surface area contributed by atoms with Crippen LogP contribution in [0.1, 0.15) is 123 Å². The van der Waals surface area contributed by atoms with E-state index in [0.29, 0.717) is 36.5 Å². The summed E-state index contributed by atoms with van der Waals surface area (Å²) in [4.78, 5) is 31.3. The summed E-state index contributed by atoms with van der Waals surface area (Å²) in [6, 6.07) is 29.8. The molecule has 0 radical (unpaired) electrons. The normalized spacial score (nSPS) is 35.5. The zero-order chi connectivity index (χ0) is 41.4. The predicted molar refractivity (Wildman–Crippen MR) is 237 cm³/mol. The summed E-state index contributed by atoms with van der Waals surface area (Å²) < 4.78 is 27.4. The van der Waals surface area contributed by atoms with Gasteiger partial charge in [-0.2, -0.15) is 0 Å². The first-order valence-electron chi connectivity index (χ1n) is 23.5. The smallest absolute Gasteiger partial charge is 0.324 e. The third kappa shape index (κ3) is 6.97. The monoisotopic (exact) mass is 826 g/mol. The van der Waals surface area contributed by atoms with Gasteiger partial charge in [-0.3, -0.25) is 9.59 Å². The van der Waals surface area contributed by atoms with Crippen molar-refractivity contribution in [3.8, 4) is 5.75 Å². The largest absolute Gasteiger partial charge is 0.537 e. The van der Waals surface area contributed by atoms with Crippen LogP contribution in [0.15, 0.2) is 96.3 Å². The Kier molecular flexibility index (Phi) is 10.4. The van der Waals surface area contributed by atoms with Crippen LogP contribution in [0.5, 0.6) is 5.75 Å². The van der Waals surface area contributed by atoms with Gasteiger partial charge in [0.1, 0.15) is 18.0 Å². The molecule has 318 valence electrons. The van der Waals surface area contributed by atoms with E-state index < -0.39 is 13.7 Å². The Morgan fingerprint density at radius 1 is 0.617 bits per heavy atom. The highest BCUT2D eigenvalue weighted by atomic mass is 28.4. The van der Waals surface area contributed by atoms with E-state index in [4.69, 9.17) is 18.6 Å². The van der Waals surface area contributed by atoms with Gasteiger partial charge in [-0.1, -0.05) is 93.6 Å². The lowest BCUT2D eigenvalue weighted by Gasteiger charge is -2.54. The standard InChI is InChI=1S/C53H66O6Si/c1-33-31-53(50(54)57-48-39-22-34-20-35(24-39)25-40(48)23-34,51(55)58-49-41-26-36-21-37(28-41)29-42(49)27-36)32-43(38-16-18-44(56-5)19-17-38)30-47(33)59-60(52(2,3)4,45-12-8-6-9-13-45)46-14-10-7-11-15-46/h6-19,34-37,39-43,48-49H,20-32H2,1-5H3. The first-order valence-corrected chi connectivity index (χ1v) is 25.4. The SMILES string of the molecule is COc1ccc(C2CC(O[Si](c3ccccc3)(c3ccccc3)C(C)(C)C)=C(C)CC(C(=O)OC3C4CC5CC(C4)CC3C5)(C(=O)OC3C4CC5CC(C4)CC3C5)C2)cc1. The number of ether oxygens (including phenoxy) is 3. The quantitative estimate of drug-likeness (QED) is 0.115. The van der Waals surface area contributed by atoms with E-state index in [1.807, 2.05) is 12.1 Å². The van der Waals surface area contributed by atoms with Gasteiger partial charge < -0.3 is 18.6 Å². The van der Waals surface area contributed by atoms with Crippen LogP contribution in [0.3, 0.4) is 0 Å². The number of esters is 2. The fourth-order valence-corrected chi connectivity index (χ4v) is 19.1. The third-order valence-electron chi connectivity index (χ3n) is 16.9. The molecule has 1 atom stereocenters. The first-order chi connectivity index (χ1) is 28.9. The van der Waals surface area contributed by atoms with Gasteiger partial charge in [0, 0.05) is 6.42 Å². The molecule has 8 bridgehead atoms. The summed E-state index contributed by atoms with van der Waals surface area (Å²) in [6.07, 6.45) is 12.6. The molecule has 60 heavy (non-hydrogen) atoms. The Morgan fingerprint density at radius 3 is 1.45 bits per heavy atom. The molecular weight excluding hydrogens is 761 g/mol. The summed E-state index contributed by atoms with van der Waals surface area (Å²) in [5.74, 6) is 5.28. The van der Waals surface area contributed by atoms with E-state index in [1.165, 1.54) is 23.2 Å². The topological polar surface area (TPSA) is 71.1 Å². The maximum Gasteiger partial charge on any atom is 0.324 e. The van der Waals surface area contributed by atoms with Crippen molar-refractivity contribution in [1.29, 1.82) is 0 Å². The average molecular weight is 827 g/mol. The van der Waals surface area contributed by atoms with E-state index in [1.54, 1.807) is 7.11 Å². The lowest BCUT2D eigenvalue weighted by molar-refractivity contribution is -0.199. The van der Waals surface area contributed by atoms with Crippen LogP contribution in [0.4, 0.5) is 0 Å². The minimum absolute atomic E-state index is 0.129. The number of methoxy groups -OCH3 is 1. The van der Waals surface area contributed by atoms with Crippen LogP contribution in [-0.2, 0) is 23.5 Å². The average Bonchev–Trinajstić information content (AvgIpc) is 3.38. The summed E-state index contributed by atoms with van der Waals surface area (Å²) in [5.41, 5.74) is 0.500. The number of carbonyl (C=O) groups excluding carboxylic acids is 2. The van der Waals surface area contributed by atoms with Gasteiger partial charge in [-0.25, -0.2) is 0 Å². The molecule has 0 spiro atoms. The lowest BCUT2D eigenvalue weighted by atomic mass is 9.55. The van der Waals surface area contributed by atoms with E-state index >= 15 is 9.59 Å². The summed E-state index contributed by atoms with van der Waals surface area (Å²) in [7, 11) is -1.38. The molecule has 3 aromatic rings. The molecule has 0 saturated heterocycles. The van der Waals surface area contributed by atoms with Crippen molar-refractivity contribution < 1.29 is 28.2 Å². The van der Waals surface area contributed by atoms with Crippen molar-refractivity contribution in [2.45, 2.75) is 134 Å². The molecule has 8 fully saturated rings. The molecule has 0 heterocycles. The Bertz CT molecular complexity index is 1930. The van der Waals surface area contributed by atoms with Crippen molar-refractivity contribution in [2.24, 2.45) is 52.8 Å². The summed E-state index contributed by atoms with van der Waals surface area (Å²) in [6.45, 7) is 9.04. The highest BCUT2D eigenvalue weighted by molar-refractivity contribution is 6.99. The highest BCUT2D eigenvalue weighted by Crippen LogP contribution is 2.58. The predicted octanol–water partition coefficient (Wildman–Crippen LogP) is 10.5. The minimum Gasteiger partial charge on any atom is -0.537 e. The van der Waals surface area contributed by atoms with Gasteiger partial charge in [0.25, 0.3) is 0 Å². The molecule has 0 N–H and O–H groups in total. The van der Waals surface area contributed by atoms with Gasteiger partial charge in [0.15, 0.2) is 5.41 Å². The fourth-order valence-electron chi connectivity index (χ4n) is 14.6. The Balaban J connectivity index is 1.09. The van der Waals surface area contributed by atoms with Crippen LogP contribution < -0.4 is 15.1 Å². The van der Waals surface area contributed by atoms with Crippen LogP contribution in [0.25, 0.3) is 0 Å². The second-order valence-electron chi connectivity index (χ2n) is 21.7. The molecule has 7 heteroatoms. The maximum absolute atomic E-state index is 15.7. The van der Waals surface area contributed by atoms with Gasteiger partial charge >= 0.3 is 20.3 Å². The second kappa shape index (κ2) is 15.5. The van der Waals surface area contributed by atoms with Crippen molar-refractivity contribution in [3.05, 3.63) is 102 Å². The highest BCUT2D eigenvalue weighted by Gasteiger charge is 2.59. The molecule has 9 aliphatic carbocycles. The molecule has 0 aromatic heterocycles. The van der Waals surface area contributed by atoms with Gasteiger partial charge in [-0.05, 0) is 176 Å². The van der Waals surface area contributed by atoms with Gasteiger partial charge in [0.2, 0.25) is 0 Å². The van der Waals surface area contributed by atoms with Gasteiger partial charge in [-0.15, -0.1) is 0 Å². The molecule has 3 aromatic carbocycles. The fraction of sp³-hybridized carbons (Fsp3) is 0.585. The Morgan fingerprint density at radius 2 is 1.05 bits per heavy atom. The zero-order valence-corrected chi connectivity index (χ0v) is 37.6. The molecule has 8 saturated carbocycles. The van der Waals surface area contributed by atoms with Crippen molar-refractivity contribution in [2.75, 3.05) is 7.11 Å². The molecule has 1 unspecified atom stereocenters. The molecular formula is C53H66O6Si. The summed E-state index contributed by atoms with van der Waals surface area (Å²) >= 11 is 0. The number of hydrogen-bond donors (Lipinski definition) is 0. The van der Waals surface area contributed by atoms with Gasteiger partial charge in [0.05, 0.1) is 12.9 Å². The molecule has 0 aliphatic heterocycles. The van der Waals surface area contributed by atoms with E-state index in [2.05, 4.69) is 100 Å². The Labute approximate surface area is 359 Å². The molecule has 6 nitrogen and oxygen atoms in total. The maximum atomic E-state index is 15.7. The third-order valence-corrected chi connectivity index (χ3v) is 21.9. The van der Waals surface area contributed by atoms with E-state index in [0.717, 1.165) is 97.7 Å². The van der Waals surface area contributed by atoms with Crippen LogP contribution in [0.2, 0.25) is 5.04 Å². The van der Waals surface area contributed by atoms with Crippen LogP contribution in [-0.4, -0.2) is 39.6 Å². The second-order valence-corrected chi connectivity index (χ2v) is 25.9. The number of hydrogen-bond acceptors (Lipinski definition) is 6. The Hall–Kier alpha value is -3.84. The van der Waals surface area contributed by atoms with Crippen molar-refractivity contribution in [3.63, 3.8) is 0 Å². The lowest BCUT2D eigenvalue weighted by Crippen LogP contribution is -2.66. The number of benzene rings is 3. The van der Waals surface area contributed by atoms with Crippen LogP contribution >= 0.6 is 0 Å². The first kappa shape index (κ1) is 40.2. The molecule has 9 aliphatic rings. The number of rotatable bonds is 10. The van der Waals surface area contributed by atoms with Crippen molar-refractivity contribution >= 4 is 30.6 Å². The van der Waals surface area contributed by atoms with E-state index in [-0.39, 0.29) is 41.5 Å². The zero-order valence-electron chi connectivity index (χ0n) is 36.6. The number of allylic oxidation sites excluding steroid dienone is 2. The molecule has 12 rings (SSSR count). The minimum atomic E-state index is -3.06. The number of carbonyl (C=O) groups is 2.